The molecular formula is C11H16N4O3. The number of nitrogens with zero attached hydrogens (tertiary/aromatic N) is 4. The number of imidazole rings is 1. The van der Waals surface area contributed by atoms with Gasteiger partial charge >= 0.3 is 5.82 Å². The molecule has 18 heavy (non-hydrogen) atoms. The average Bonchev–Trinajstić information content (AvgIpc) is 2.71. The summed E-state index contributed by atoms with van der Waals surface area (Å²) in [4.78, 5) is 27.3. The molecule has 7 heteroatoms. The molecule has 0 bridgehead atoms. The summed E-state index contributed by atoms with van der Waals surface area (Å²) in [6.45, 7) is 0. The quantitative estimate of drug-likeness (QED) is 0.597. The monoisotopic (exact) mass is 252 g/mol. The maximum absolute atomic E-state index is 11.2. The fraction of sp³-hybridized carbons (Fsp3) is 0.636. The highest BCUT2D eigenvalue weighted by Gasteiger charge is 2.30. The van der Waals surface area contributed by atoms with Crippen molar-refractivity contribution in [2.24, 2.45) is 7.05 Å². The first-order valence-corrected chi connectivity index (χ1v) is 5.91. The first-order chi connectivity index (χ1) is 8.50. The van der Waals surface area contributed by atoms with Crippen LogP contribution in [0.25, 0.3) is 0 Å². The zero-order valence-corrected chi connectivity index (χ0v) is 10.5. The number of aryl methyl sites for hydroxylation is 1. The highest BCUT2D eigenvalue weighted by Crippen LogP contribution is 2.30. The van der Waals surface area contributed by atoms with Crippen LogP contribution in [0.15, 0.2) is 6.33 Å². The molecule has 0 unspecified atom stereocenters. The van der Waals surface area contributed by atoms with Gasteiger partial charge in [0.1, 0.15) is 5.78 Å². The Balaban J connectivity index is 2.23. The molecular weight excluding hydrogens is 236 g/mol. The molecule has 0 atom stereocenters. The Bertz CT molecular complexity index is 473. The van der Waals surface area contributed by atoms with Crippen LogP contribution in [0.3, 0.4) is 0 Å². The third-order valence-electron chi connectivity index (χ3n) is 3.45. The van der Waals surface area contributed by atoms with Gasteiger partial charge in [0.2, 0.25) is 12.1 Å². The third kappa shape index (κ3) is 2.20. The Morgan fingerprint density at radius 2 is 2.11 bits per heavy atom. The molecule has 0 spiro atoms. The van der Waals surface area contributed by atoms with E-state index in [0.29, 0.717) is 18.7 Å². The zero-order chi connectivity index (χ0) is 13.3. The van der Waals surface area contributed by atoms with E-state index in [1.165, 1.54) is 6.33 Å². The molecule has 1 heterocycles. The van der Waals surface area contributed by atoms with E-state index in [4.69, 9.17) is 0 Å². The van der Waals surface area contributed by atoms with E-state index >= 15 is 0 Å². The SMILES string of the molecule is CN(c1c([N+](=O)[O-])ncn1C)C1CCC(=O)CC1. The fourth-order valence-corrected chi connectivity index (χ4v) is 2.43. The van der Waals surface area contributed by atoms with E-state index < -0.39 is 4.92 Å². The predicted octanol–water partition coefficient (Wildman–Crippen LogP) is 1.28. The summed E-state index contributed by atoms with van der Waals surface area (Å²) < 4.78 is 1.65. The van der Waals surface area contributed by atoms with Crippen LogP contribution in [0.2, 0.25) is 0 Å². The maximum atomic E-state index is 11.2. The van der Waals surface area contributed by atoms with Crippen LogP contribution < -0.4 is 4.90 Å². The van der Waals surface area contributed by atoms with Gasteiger partial charge in [0.15, 0.2) is 0 Å². The van der Waals surface area contributed by atoms with Gasteiger partial charge in [-0.1, -0.05) is 0 Å². The molecule has 2 rings (SSSR count). The maximum Gasteiger partial charge on any atom is 0.406 e. The Labute approximate surface area is 105 Å². The third-order valence-corrected chi connectivity index (χ3v) is 3.45. The van der Waals surface area contributed by atoms with Gasteiger partial charge in [-0.2, -0.15) is 0 Å². The smallest absolute Gasteiger partial charge is 0.358 e. The molecule has 7 nitrogen and oxygen atoms in total. The first-order valence-electron chi connectivity index (χ1n) is 5.91. The van der Waals surface area contributed by atoms with E-state index in [2.05, 4.69) is 4.98 Å². The number of carbonyl (C=O) groups excluding carboxylic acids is 1. The number of ketones is 1. The first kappa shape index (κ1) is 12.5. The van der Waals surface area contributed by atoms with Crippen LogP contribution in [-0.2, 0) is 11.8 Å². The predicted molar refractivity (Wildman–Crippen MR) is 65.5 cm³/mol. The van der Waals surface area contributed by atoms with Crippen LogP contribution in [0.5, 0.6) is 0 Å². The highest BCUT2D eigenvalue weighted by atomic mass is 16.6. The second kappa shape index (κ2) is 4.75. The number of anilines is 1. The van der Waals surface area contributed by atoms with E-state index in [1.54, 1.807) is 11.6 Å². The molecule has 0 radical (unpaired) electrons. The molecule has 0 aromatic carbocycles. The minimum Gasteiger partial charge on any atom is -0.358 e. The van der Waals surface area contributed by atoms with E-state index in [0.717, 1.165) is 12.8 Å². The van der Waals surface area contributed by atoms with Crippen LogP contribution in [0.4, 0.5) is 11.6 Å². The number of hydrogen-bond acceptors (Lipinski definition) is 5. The second-order valence-corrected chi connectivity index (χ2v) is 4.64. The average molecular weight is 252 g/mol. The summed E-state index contributed by atoms with van der Waals surface area (Å²) in [5.74, 6) is 0.649. The van der Waals surface area contributed by atoms with Gasteiger partial charge in [0, 0.05) is 33.0 Å². The van der Waals surface area contributed by atoms with Crippen molar-refractivity contribution >= 4 is 17.4 Å². The van der Waals surface area contributed by atoms with Crippen molar-refractivity contribution < 1.29 is 9.72 Å². The van der Waals surface area contributed by atoms with Crippen molar-refractivity contribution in [3.8, 4) is 0 Å². The Hall–Kier alpha value is -1.92. The largest absolute Gasteiger partial charge is 0.406 e. The zero-order valence-electron chi connectivity index (χ0n) is 10.5. The summed E-state index contributed by atoms with van der Waals surface area (Å²) in [6.07, 6.45) is 4.05. The van der Waals surface area contributed by atoms with E-state index in [9.17, 15) is 14.9 Å². The Morgan fingerprint density at radius 1 is 1.50 bits per heavy atom. The van der Waals surface area contributed by atoms with Crippen LogP contribution in [0.1, 0.15) is 25.7 Å². The minimum atomic E-state index is -0.472. The van der Waals surface area contributed by atoms with Gasteiger partial charge < -0.3 is 15.0 Å². The molecule has 1 aliphatic rings. The van der Waals surface area contributed by atoms with Gasteiger partial charge in [0.05, 0.1) is 0 Å². The number of aromatic nitrogens is 2. The van der Waals surface area contributed by atoms with Gasteiger partial charge in [-0.3, -0.25) is 9.36 Å². The van der Waals surface area contributed by atoms with Gasteiger partial charge in [0.25, 0.3) is 0 Å². The molecule has 1 aromatic heterocycles. The lowest BCUT2D eigenvalue weighted by Gasteiger charge is -2.31. The Morgan fingerprint density at radius 3 is 2.67 bits per heavy atom. The molecule has 1 saturated carbocycles. The van der Waals surface area contributed by atoms with Crippen LogP contribution >= 0.6 is 0 Å². The summed E-state index contributed by atoms with van der Waals surface area (Å²) in [7, 11) is 3.56. The summed E-state index contributed by atoms with van der Waals surface area (Å²) >= 11 is 0. The second-order valence-electron chi connectivity index (χ2n) is 4.64. The van der Waals surface area contributed by atoms with Crippen LogP contribution in [0, 0.1) is 10.1 Å². The summed E-state index contributed by atoms with van der Waals surface area (Å²) in [5, 5.41) is 10.9. The molecule has 0 amide bonds. The summed E-state index contributed by atoms with van der Waals surface area (Å²) in [5.41, 5.74) is 0. The molecule has 0 aliphatic heterocycles. The fourth-order valence-electron chi connectivity index (χ4n) is 2.43. The number of carbonyl (C=O) groups is 1. The molecule has 1 aliphatic carbocycles. The van der Waals surface area contributed by atoms with Gasteiger partial charge in [-0.15, -0.1) is 0 Å². The lowest BCUT2D eigenvalue weighted by molar-refractivity contribution is -0.388. The normalized spacial score (nSPS) is 16.9. The minimum absolute atomic E-state index is 0.128. The molecule has 98 valence electrons. The number of nitro groups is 1. The molecule has 1 fully saturated rings. The topological polar surface area (TPSA) is 81.3 Å². The lowest BCUT2D eigenvalue weighted by atomic mass is 9.93. The van der Waals surface area contributed by atoms with E-state index in [-0.39, 0.29) is 17.6 Å². The van der Waals surface area contributed by atoms with Gasteiger partial charge in [-0.05, 0) is 22.7 Å². The van der Waals surface area contributed by atoms with Crippen molar-refractivity contribution in [3.63, 3.8) is 0 Å². The van der Waals surface area contributed by atoms with Crippen molar-refractivity contribution in [3.05, 3.63) is 16.4 Å². The number of rotatable bonds is 3. The van der Waals surface area contributed by atoms with E-state index in [1.807, 2.05) is 11.9 Å². The lowest BCUT2D eigenvalue weighted by Crippen LogP contribution is -2.36. The molecule has 0 saturated heterocycles. The standard InChI is InChI=1S/C11H16N4O3/c1-13-7-12-10(15(17)18)11(13)14(2)8-3-5-9(16)6-4-8/h7-8H,3-6H2,1-2H3. The Kier molecular flexibility index (Phi) is 3.31. The highest BCUT2D eigenvalue weighted by molar-refractivity contribution is 5.79. The van der Waals surface area contributed by atoms with Crippen molar-refractivity contribution in [1.29, 1.82) is 0 Å². The van der Waals surface area contributed by atoms with Crippen LogP contribution in [-0.4, -0.2) is 33.3 Å². The van der Waals surface area contributed by atoms with Crippen molar-refractivity contribution in [2.75, 3.05) is 11.9 Å². The number of Topliss-reactive ketones (excluding diaryl/α,β-unsaturated/α-hetero) is 1. The van der Waals surface area contributed by atoms with Crippen molar-refractivity contribution in [2.45, 2.75) is 31.7 Å². The van der Waals surface area contributed by atoms with Gasteiger partial charge in [-0.25, -0.2) is 0 Å². The molecule has 1 aromatic rings. The summed E-state index contributed by atoms with van der Waals surface area (Å²) in [6, 6.07) is 0.164. The van der Waals surface area contributed by atoms with Crippen molar-refractivity contribution in [1.82, 2.24) is 9.55 Å². The molecule has 0 N–H and O–H groups in total. The number of hydrogen-bond donors (Lipinski definition) is 0.